The van der Waals surface area contributed by atoms with Gasteiger partial charge in [0.2, 0.25) is 0 Å². The number of methoxy groups -OCH3 is 1. The third kappa shape index (κ3) is 4.10. The molecule has 0 radical (unpaired) electrons. The van der Waals surface area contributed by atoms with E-state index in [9.17, 15) is 9.59 Å². The van der Waals surface area contributed by atoms with Crippen molar-refractivity contribution < 1.29 is 23.8 Å². The zero-order valence-corrected chi connectivity index (χ0v) is 15.1. The molecule has 0 fully saturated rings. The Morgan fingerprint density at radius 1 is 1.32 bits per heavy atom. The van der Waals surface area contributed by atoms with Crippen LogP contribution in [0.1, 0.15) is 55.6 Å². The Morgan fingerprint density at radius 3 is 2.60 bits per heavy atom. The molecule has 5 nitrogen and oxygen atoms in total. The van der Waals surface area contributed by atoms with E-state index < -0.39 is 12.2 Å². The van der Waals surface area contributed by atoms with E-state index in [-0.39, 0.29) is 18.2 Å². The normalized spacial score (nSPS) is 18.6. The summed E-state index contributed by atoms with van der Waals surface area (Å²) in [5.74, 6) is 0.518. The van der Waals surface area contributed by atoms with Crippen LogP contribution in [0.25, 0.3) is 0 Å². The maximum atomic E-state index is 12.2. The van der Waals surface area contributed by atoms with E-state index in [4.69, 9.17) is 14.2 Å². The minimum absolute atomic E-state index is 0.0990. The number of hydrogen-bond acceptors (Lipinski definition) is 5. The highest BCUT2D eigenvalue weighted by atomic mass is 16.6. The van der Waals surface area contributed by atoms with Crippen molar-refractivity contribution >= 4 is 11.8 Å². The van der Waals surface area contributed by atoms with Crippen LogP contribution in [0, 0.1) is 0 Å². The molecule has 1 heterocycles. The van der Waals surface area contributed by atoms with Gasteiger partial charge in [0.1, 0.15) is 0 Å². The van der Waals surface area contributed by atoms with E-state index in [1.165, 1.54) is 14.0 Å². The zero-order valence-electron chi connectivity index (χ0n) is 15.1. The van der Waals surface area contributed by atoms with Crippen LogP contribution >= 0.6 is 0 Å². The number of rotatable bonds is 7. The first kappa shape index (κ1) is 18.8. The molecule has 1 aliphatic rings. The molecule has 0 unspecified atom stereocenters. The molecule has 5 heteroatoms. The molecule has 25 heavy (non-hydrogen) atoms. The van der Waals surface area contributed by atoms with Crippen molar-refractivity contribution in [2.75, 3.05) is 7.11 Å². The predicted molar refractivity (Wildman–Crippen MR) is 95.1 cm³/mol. The summed E-state index contributed by atoms with van der Waals surface area (Å²) in [6, 6.07) is 3.33. The average Bonchev–Trinajstić information content (AvgIpc) is 2.93. The Morgan fingerprint density at radius 2 is 2.04 bits per heavy atom. The van der Waals surface area contributed by atoms with Crippen LogP contribution in [-0.2, 0) is 9.53 Å². The number of Topliss-reactive ketones (excluding diaryl/α,β-unsaturated/α-hetero) is 1. The molecule has 0 N–H and O–H groups in total. The van der Waals surface area contributed by atoms with Gasteiger partial charge in [0.25, 0.3) is 0 Å². The average molecular weight is 344 g/mol. The monoisotopic (exact) mass is 344 g/mol. The SMILES string of the molecule is C=C(C)[C@@H]1Oc2c(OC)cc(C(C)=O)cc2[C@H]1OC(=O)CCC=CC. The molecule has 0 amide bonds. The molecule has 1 aromatic carbocycles. The van der Waals surface area contributed by atoms with Crippen LogP contribution in [0.2, 0.25) is 0 Å². The molecule has 0 saturated heterocycles. The lowest BCUT2D eigenvalue weighted by molar-refractivity contribution is -0.151. The number of ether oxygens (including phenoxy) is 3. The molecule has 1 aliphatic heterocycles. The molecule has 0 saturated carbocycles. The molecule has 0 bridgehead atoms. The number of esters is 1. The van der Waals surface area contributed by atoms with Crippen LogP contribution in [0.5, 0.6) is 11.5 Å². The number of carbonyl (C=O) groups is 2. The predicted octanol–water partition coefficient (Wildman–Crippen LogP) is 4.18. The second-order valence-corrected chi connectivity index (χ2v) is 6.06. The van der Waals surface area contributed by atoms with Crippen LogP contribution < -0.4 is 9.47 Å². The van der Waals surface area contributed by atoms with Gasteiger partial charge in [0.15, 0.2) is 29.5 Å². The van der Waals surface area contributed by atoms with E-state index in [0.717, 1.165) is 5.57 Å². The maximum Gasteiger partial charge on any atom is 0.306 e. The highest BCUT2D eigenvalue weighted by Crippen LogP contribution is 2.47. The molecule has 0 aliphatic carbocycles. The highest BCUT2D eigenvalue weighted by Gasteiger charge is 2.40. The van der Waals surface area contributed by atoms with Crippen LogP contribution in [0.15, 0.2) is 36.4 Å². The molecule has 0 spiro atoms. The standard InChI is InChI=1S/C20H24O5/c1-6-7-8-9-17(22)24-20-15-10-14(13(4)21)11-16(23-5)19(15)25-18(20)12(2)3/h6-7,10-11,18,20H,2,8-9H2,1,3-5H3/t18-,20+/m0/s1. The minimum atomic E-state index is -0.640. The number of carbonyl (C=O) groups excluding carboxylic acids is 2. The number of ketones is 1. The lowest BCUT2D eigenvalue weighted by Gasteiger charge is -2.19. The summed E-state index contributed by atoms with van der Waals surface area (Å²) < 4.78 is 17.0. The van der Waals surface area contributed by atoms with E-state index in [1.54, 1.807) is 12.1 Å². The third-order valence-electron chi connectivity index (χ3n) is 4.03. The molecule has 2 rings (SSSR count). The second kappa shape index (κ2) is 8.01. The summed E-state index contributed by atoms with van der Waals surface area (Å²) >= 11 is 0. The van der Waals surface area contributed by atoms with Gasteiger partial charge < -0.3 is 14.2 Å². The van der Waals surface area contributed by atoms with Crippen molar-refractivity contribution in [1.82, 2.24) is 0 Å². The summed E-state index contributed by atoms with van der Waals surface area (Å²) in [4.78, 5) is 24.0. The topological polar surface area (TPSA) is 61.8 Å². The van der Waals surface area contributed by atoms with Crippen molar-refractivity contribution in [3.8, 4) is 11.5 Å². The van der Waals surface area contributed by atoms with E-state index in [1.807, 2.05) is 26.0 Å². The van der Waals surface area contributed by atoms with Crippen molar-refractivity contribution in [3.63, 3.8) is 0 Å². The first-order chi connectivity index (χ1) is 11.9. The highest BCUT2D eigenvalue weighted by molar-refractivity contribution is 5.95. The van der Waals surface area contributed by atoms with Crippen molar-refractivity contribution in [1.29, 1.82) is 0 Å². The van der Waals surface area contributed by atoms with Crippen LogP contribution in [-0.4, -0.2) is 25.0 Å². The molecular formula is C20H24O5. The number of benzene rings is 1. The fourth-order valence-corrected chi connectivity index (χ4v) is 2.72. The van der Waals surface area contributed by atoms with Gasteiger partial charge in [-0.1, -0.05) is 18.7 Å². The van der Waals surface area contributed by atoms with Gasteiger partial charge in [-0.3, -0.25) is 9.59 Å². The van der Waals surface area contributed by atoms with Gasteiger partial charge in [0, 0.05) is 17.5 Å². The number of hydrogen-bond donors (Lipinski definition) is 0. The summed E-state index contributed by atoms with van der Waals surface area (Å²) in [6.07, 6.45) is 3.55. The van der Waals surface area contributed by atoms with Gasteiger partial charge in [-0.05, 0) is 44.9 Å². The Hall–Kier alpha value is -2.56. The maximum absolute atomic E-state index is 12.2. The van der Waals surface area contributed by atoms with Gasteiger partial charge in [0.05, 0.1) is 7.11 Å². The second-order valence-electron chi connectivity index (χ2n) is 6.06. The lowest BCUT2D eigenvalue weighted by Crippen LogP contribution is -2.24. The summed E-state index contributed by atoms with van der Waals surface area (Å²) in [6.45, 7) is 9.13. The van der Waals surface area contributed by atoms with Crippen LogP contribution in [0.4, 0.5) is 0 Å². The van der Waals surface area contributed by atoms with E-state index >= 15 is 0 Å². The Labute approximate surface area is 148 Å². The van der Waals surface area contributed by atoms with Gasteiger partial charge in [-0.25, -0.2) is 0 Å². The van der Waals surface area contributed by atoms with E-state index in [2.05, 4.69) is 6.58 Å². The first-order valence-corrected chi connectivity index (χ1v) is 8.24. The Bertz CT molecular complexity index is 717. The van der Waals surface area contributed by atoms with Crippen molar-refractivity contribution in [3.05, 3.63) is 47.6 Å². The fraction of sp³-hybridized carbons (Fsp3) is 0.400. The number of fused-ring (bicyclic) bond motifs is 1. The third-order valence-corrected chi connectivity index (χ3v) is 4.03. The van der Waals surface area contributed by atoms with Gasteiger partial charge >= 0.3 is 5.97 Å². The Kier molecular flexibility index (Phi) is 6.02. The molecule has 0 aromatic heterocycles. The van der Waals surface area contributed by atoms with Crippen LogP contribution in [0.3, 0.4) is 0 Å². The summed E-state index contributed by atoms with van der Waals surface area (Å²) in [5, 5.41) is 0. The van der Waals surface area contributed by atoms with Gasteiger partial charge in [-0.15, -0.1) is 0 Å². The fourth-order valence-electron chi connectivity index (χ4n) is 2.72. The zero-order chi connectivity index (χ0) is 18.6. The summed E-state index contributed by atoms with van der Waals surface area (Å²) in [5.41, 5.74) is 1.85. The quantitative estimate of drug-likeness (QED) is 0.422. The smallest absolute Gasteiger partial charge is 0.306 e. The molecule has 1 aromatic rings. The van der Waals surface area contributed by atoms with Gasteiger partial charge in [-0.2, -0.15) is 0 Å². The molecule has 134 valence electrons. The minimum Gasteiger partial charge on any atom is -0.493 e. The largest absolute Gasteiger partial charge is 0.493 e. The van der Waals surface area contributed by atoms with E-state index in [0.29, 0.717) is 29.0 Å². The first-order valence-electron chi connectivity index (χ1n) is 8.24. The van der Waals surface area contributed by atoms with Crippen molar-refractivity contribution in [2.24, 2.45) is 0 Å². The lowest BCUT2D eigenvalue weighted by atomic mass is 9.99. The molecular weight excluding hydrogens is 320 g/mol. The summed E-state index contributed by atoms with van der Waals surface area (Å²) in [7, 11) is 1.51. The molecule has 2 atom stereocenters. The Balaban J connectivity index is 2.37. The van der Waals surface area contributed by atoms with Crippen molar-refractivity contribution in [2.45, 2.75) is 45.8 Å². The number of allylic oxidation sites excluding steroid dienone is 2.